The first-order chi connectivity index (χ1) is 12.7. The van der Waals surface area contributed by atoms with Crippen LogP contribution in [0.5, 0.6) is 11.5 Å². The molecule has 0 saturated carbocycles. The first kappa shape index (κ1) is 20.6. The molecule has 146 valence electrons. The fourth-order valence-electron chi connectivity index (χ4n) is 2.66. The molecule has 2 rings (SSSR count). The average molecular weight is 392 g/mol. The molecule has 0 aliphatic carbocycles. The van der Waals surface area contributed by atoms with Gasteiger partial charge in [0.2, 0.25) is 15.9 Å². The number of carbonyl (C=O) groups is 1. The highest BCUT2D eigenvalue weighted by Gasteiger charge is 2.29. The zero-order valence-corrected chi connectivity index (χ0v) is 16.8. The summed E-state index contributed by atoms with van der Waals surface area (Å²) in [4.78, 5) is 12.7. The van der Waals surface area contributed by atoms with Crippen molar-refractivity contribution in [1.29, 1.82) is 0 Å². The van der Waals surface area contributed by atoms with Crippen LogP contribution in [0.15, 0.2) is 42.5 Å². The number of benzene rings is 2. The van der Waals surface area contributed by atoms with Crippen molar-refractivity contribution in [3.63, 3.8) is 0 Å². The molecular formula is C19H24N2O5S. The highest BCUT2D eigenvalue weighted by molar-refractivity contribution is 7.92. The minimum atomic E-state index is -3.66. The molecule has 0 radical (unpaired) electrons. The molecular weight excluding hydrogens is 368 g/mol. The van der Waals surface area contributed by atoms with Crippen molar-refractivity contribution in [3.05, 3.63) is 48.0 Å². The standard InChI is InChI=1S/C19H24N2O5S/c1-13-6-9-16(10-7-13)21(27(5,23)24)14(2)19(22)20-15-8-11-17(25-3)18(12-15)26-4/h6-12,14H,1-5H3,(H,20,22)/t14-/m1/s1. The van der Waals surface area contributed by atoms with Gasteiger partial charge in [0.25, 0.3) is 0 Å². The minimum absolute atomic E-state index is 0.429. The fraction of sp³-hybridized carbons (Fsp3) is 0.316. The van der Waals surface area contributed by atoms with E-state index in [4.69, 9.17) is 9.47 Å². The Labute approximate surface area is 160 Å². The fourth-order valence-corrected chi connectivity index (χ4v) is 3.84. The van der Waals surface area contributed by atoms with E-state index in [-0.39, 0.29) is 0 Å². The van der Waals surface area contributed by atoms with Gasteiger partial charge in [0.15, 0.2) is 11.5 Å². The summed E-state index contributed by atoms with van der Waals surface area (Å²) in [6, 6.07) is 10.9. The lowest BCUT2D eigenvalue weighted by Gasteiger charge is -2.28. The molecule has 2 aromatic carbocycles. The Morgan fingerprint density at radius 3 is 2.15 bits per heavy atom. The lowest BCUT2D eigenvalue weighted by Crippen LogP contribution is -2.45. The first-order valence-electron chi connectivity index (χ1n) is 8.26. The van der Waals surface area contributed by atoms with Gasteiger partial charge in [-0.1, -0.05) is 17.7 Å². The molecule has 27 heavy (non-hydrogen) atoms. The van der Waals surface area contributed by atoms with Crippen LogP contribution in [0.1, 0.15) is 12.5 Å². The second-order valence-electron chi connectivity index (χ2n) is 6.13. The summed E-state index contributed by atoms with van der Waals surface area (Å²) in [5.74, 6) is 0.524. The predicted molar refractivity (Wildman–Crippen MR) is 106 cm³/mol. The van der Waals surface area contributed by atoms with E-state index in [0.29, 0.717) is 22.9 Å². The Hall–Kier alpha value is -2.74. The number of hydrogen-bond donors (Lipinski definition) is 1. The topological polar surface area (TPSA) is 84.9 Å². The van der Waals surface area contributed by atoms with Crippen LogP contribution in [-0.4, -0.2) is 40.8 Å². The van der Waals surface area contributed by atoms with Crippen LogP contribution >= 0.6 is 0 Å². The van der Waals surface area contributed by atoms with Gasteiger partial charge >= 0.3 is 0 Å². The SMILES string of the molecule is COc1ccc(NC(=O)[C@@H](C)N(c2ccc(C)cc2)S(C)(=O)=O)cc1OC. The smallest absolute Gasteiger partial charge is 0.247 e. The molecule has 1 amide bonds. The number of amides is 1. The molecule has 1 atom stereocenters. The second kappa shape index (κ2) is 8.30. The van der Waals surface area contributed by atoms with Crippen LogP contribution in [0.3, 0.4) is 0 Å². The molecule has 0 unspecified atom stereocenters. The van der Waals surface area contributed by atoms with Crippen LogP contribution in [0.2, 0.25) is 0 Å². The van der Waals surface area contributed by atoms with Crippen molar-refractivity contribution in [2.75, 3.05) is 30.1 Å². The molecule has 0 fully saturated rings. The van der Waals surface area contributed by atoms with E-state index in [1.807, 2.05) is 6.92 Å². The molecule has 0 spiro atoms. The maximum atomic E-state index is 12.7. The lowest BCUT2D eigenvalue weighted by molar-refractivity contribution is -0.116. The summed E-state index contributed by atoms with van der Waals surface area (Å²) < 4.78 is 36.1. The largest absolute Gasteiger partial charge is 0.493 e. The molecule has 0 aliphatic heterocycles. The third-order valence-corrected chi connectivity index (χ3v) is 5.27. The summed E-state index contributed by atoms with van der Waals surface area (Å²) in [6.45, 7) is 3.44. The quantitative estimate of drug-likeness (QED) is 0.783. The van der Waals surface area contributed by atoms with Crippen LogP contribution in [0.25, 0.3) is 0 Å². The van der Waals surface area contributed by atoms with E-state index >= 15 is 0 Å². The van der Waals surface area contributed by atoms with Crippen LogP contribution in [0.4, 0.5) is 11.4 Å². The van der Waals surface area contributed by atoms with Gasteiger partial charge in [-0.15, -0.1) is 0 Å². The maximum absolute atomic E-state index is 12.7. The monoisotopic (exact) mass is 392 g/mol. The first-order valence-corrected chi connectivity index (χ1v) is 10.1. The zero-order valence-electron chi connectivity index (χ0n) is 16.0. The van der Waals surface area contributed by atoms with Crippen molar-refractivity contribution in [1.82, 2.24) is 0 Å². The van der Waals surface area contributed by atoms with E-state index in [1.54, 1.807) is 42.5 Å². The van der Waals surface area contributed by atoms with E-state index in [9.17, 15) is 13.2 Å². The van der Waals surface area contributed by atoms with E-state index in [2.05, 4.69) is 5.32 Å². The normalized spacial score (nSPS) is 12.2. The summed E-state index contributed by atoms with van der Waals surface area (Å²) in [6.07, 6.45) is 1.08. The Kier molecular flexibility index (Phi) is 6.32. The molecule has 8 heteroatoms. The highest BCUT2D eigenvalue weighted by atomic mass is 32.2. The number of ether oxygens (including phenoxy) is 2. The zero-order chi connectivity index (χ0) is 20.2. The minimum Gasteiger partial charge on any atom is -0.493 e. The van der Waals surface area contributed by atoms with Gasteiger partial charge in [0.05, 0.1) is 26.2 Å². The molecule has 0 aromatic heterocycles. The van der Waals surface area contributed by atoms with E-state index in [1.165, 1.54) is 21.1 Å². The van der Waals surface area contributed by atoms with Gasteiger partial charge in [-0.25, -0.2) is 8.42 Å². The van der Waals surface area contributed by atoms with Gasteiger partial charge in [0, 0.05) is 11.8 Å². The number of rotatable bonds is 7. The van der Waals surface area contributed by atoms with Crippen molar-refractivity contribution < 1.29 is 22.7 Å². The van der Waals surface area contributed by atoms with Gasteiger partial charge in [-0.2, -0.15) is 0 Å². The van der Waals surface area contributed by atoms with Gasteiger partial charge in [-0.3, -0.25) is 9.10 Å². The molecule has 1 N–H and O–H groups in total. The Balaban J connectivity index is 2.29. The van der Waals surface area contributed by atoms with Gasteiger partial charge in [-0.05, 0) is 38.1 Å². The summed E-state index contributed by atoms with van der Waals surface area (Å²) in [5, 5.41) is 2.72. The molecule has 7 nitrogen and oxygen atoms in total. The van der Waals surface area contributed by atoms with Crippen molar-refractivity contribution in [2.24, 2.45) is 0 Å². The number of sulfonamides is 1. The molecule has 0 aliphatic rings. The van der Waals surface area contributed by atoms with Gasteiger partial charge < -0.3 is 14.8 Å². The van der Waals surface area contributed by atoms with Crippen LogP contribution in [0, 0.1) is 6.92 Å². The van der Waals surface area contributed by atoms with Gasteiger partial charge in [0.1, 0.15) is 6.04 Å². The Bertz CT molecular complexity index is 910. The predicted octanol–water partition coefficient (Wildman–Crippen LogP) is 2.81. The number of nitrogens with one attached hydrogen (secondary N) is 1. The van der Waals surface area contributed by atoms with Crippen molar-refractivity contribution in [3.8, 4) is 11.5 Å². The molecule has 0 bridgehead atoms. The maximum Gasteiger partial charge on any atom is 0.247 e. The number of anilines is 2. The van der Waals surface area contributed by atoms with Crippen LogP contribution < -0.4 is 19.1 Å². The van der Waals surface area contributed by atoms with Crippen molar-refractivity contribution in [2.45, 2.75) is 19.9 Å². The third-order valence-electron chi connectivity index (χ3n) is 4.03. The molecule has 0 saturated heterocycles. The summed E-state index contributed by atoms with van der Waals surface area (Å²) >= 11 is 0. The average Bonchev–Trinajstić information content (AvgIpc) is 2.62. The summed E-state index contributed by atoms with van der Waals surface area (Å²) in [5.41, 5.74) is 1.90. The van der Waals surface area contributed by atoms with Crippen molar-refractivity contribution >= 4 is 27.3 Å². The number of aryl methyl sites for hydroxylation is 1. The highest BCUT2D eigenvalue weighted by Crippen LogP contribution is 2.30. The Morgan fingerprint density at radius 2 is 1.63 bits per heavy atom. The number of carbonyl (C=O) groups excluding carboxylic acids is 1. The molecule has 2 aromatic rings. The number of methoxy groups -OCH3 is 2. The Morgan fingerprint density at radius 1 is 1.04 bits per heavy atom. The van der Waals surface area contributed by atoms with E-state index < -0.39 is 22.0 Å². The molecule has 0 heterocycles. The van der Waals surface area contributed by atoms with E-state index in [0.717, 1.165) is 16.1 Å². The summed E-state index contributed by atoms with van der Waals surface area (Å²) in [7, 11) is -0.651. The third kappa shape index (κ3) is 4.91. The number of hydrogen-bond acceptors (Lipinski definition) is 5. The number of nitrogens with zero attached hydrogens (tertiary/aromatic N) is 1. The second-order valence-corrected chi connectivity index (χ2v) is 7.99. The lowest BCUT2D eigenvalue weighted by atomic mass is 10.2. The van der Waals surface area contributed by atoms with Crippen LogP contribution in [-0.2, 0) is 14.8 Å².